The standard InChI is InChI=1S/C13H17NO/c1-15-11-5-3-2-4-10(11)13(14)8-12(9-13)6-7-12/h2-5H,6-9,14H2,1H3. The highest BCUT2D eigenvalue weighted by Gasteiger charge is 2.60. The van der Waals surface area contributed by atoms with Crippen LogP contribution in [0.5, 0.6) is 5.75 Å². The summed E-state index contributed by atoms with van der Waals surface area (Å²) in [4.78, 5) is 0. The number of rotatable bonds is 2. The molecule has 2 aliphatic carbocycles. The summed E-state index contributed by atoms with van der Waals surface area (Å²) in [6, 6.07) is 8.15. The van der Waals surface area contributed by atoms with Gasteiger partial charge in [0, 0.05) is 11.1 Å². The summed E-state index contributed by atoms with van der Waals surface area (Å²) in [7, 11) is 1.72. The molecule has 0 atom stereocenters. The van der Waals surface area contributed by atoms with Gasteiger partial charge in [-0.3, -0.25) is 0 Å². The second-order valence-electron chi connectivity index (χ2n) is 5.21. The van der Waals surface area contributed by atoms with Crippen LogP contribution in [0.15, 0.2) is 24.3 Å². The van der Waals surface area contributed by atoms with Crippen molar-refractivity contribution in [3.8, 4) is 5.75 Å². The highest BCUT2D eigenvalue weighted by atomic mass is 16.5. The van der Waals surface area contributed by atoms with Crippen molar-refractivity contribution < 1.29 is 4.74 Å². The summed E-state index contributed by atoms with van der Waals surface area (Å²) in [5, 5.41) is 0. The van der Waals surface area contributed by atoms with Crippen molar-refractivity contribution in [2.24, 2.45) is 11.1 Å². The lowest BCUT2D eigenvalue weighted by atomic mass is 9.63. The fourth-order valence-corrected chi connectivity index (χ4v) is 3.06. The van der Waals surface area contributed by atoms with Gasteiger partial charge in [0.1, 0.15) is 5.75 Å². The quantitative estimate of drug-likeness (QED) is 0.801. The number of nitrogens with two attached hydrogens (primary N) is 1. The maximum atomic E-state index is 6.44. The van der Waals surface area contributed by atoms with Crippen LogP contribution in [-0.4, -0.2) is 7.11 Å². The number of hydrogen-bond donors (Lipinski definition) is 1. The summed E-state index contributed by atoms with van der Waals surface area (Å²) in [5.74, 6) is 0.940. The van der Waals surface area contributed by atoms with Gasteiger partial charge in [-0.2, -0.15) is 0 Å². The third kappa shape index (κ3) is 1.28. The Morgan fingerprint density at radius 3 is 2.47 bits per heavy atom. The Bertz CT molecular complexity index is 387. The zero-order valence-electron chi connectivity index (χ0n) is 9.12. The number of hydrogen-bond acceptors (Lipinski definition) is 2. The highest BCUT2D eigenvalue weighted by molar-refractivity contribution is 5.42. The number of methoxy groups -OCH3 is 1. The fourth-order valence-electron chi connectivity index (χ4n) is 3.06. The van der Waals surface area contributed by atoms with Crippen molar-refractivity contribution in [3.63, 3.8) is 0 Å². The molecule has 2 heteroatoms. The minimum absolute atomic E-state index is 0.122. The summed E-state index contributed by atoms with van der Waals surface area (Å²) >= 11 is 0. The molecule has 2 saturated carbocycles. The summed E-state index contributed by atoms with van der Waals surface area (Å²) < 4.78 is 5.38. The van der Waals surface area contributed by atoms with Crippen molar-refractivity contribution in [3.05, 3.63) is 29.8 Å². The van der Waals surface area contributed by atoms with E-state index in [0.717, 1.165) is 18.6 Å². The van der Waals surface area contributed by atoms with Crippen LogP contribution in [0.3, 0.4) is 0 Å². The Balaban J connectivity index is 1.92. The zero-order chi connectivity index (χ0) is 10.5. The molecule has 2 aliphatic rings. The molecule has 1 aromatic rings. The van der Waals surface area contributed by atoms with Gasteiger partial charge in [-0.25, -0.2) is 0 Å². The number of para-hydroxylation sites is 1. The molecule has 3 rings (SSSR count). The first-order valence-corrected chi connectivity index (χ1v) is 5.60. The second-order valence-corrected chi connectivity index (χ2v) is 5.21. The van der Waals surface area contributed by atoms with Crippen molar-refractivity contribution in [1.82, 2.24) is 0 Å². The van der Waals surface area contributed by atoms with Crippen LogP contribution in [0.2, 0.25) is 0 Å². The van der Waals surface area contributed by atoms with Crippen LogP contribution < -0.4 is 10.5 Å². The Hall–Kier alpha value is -1.02. The van der Waals surface area contributed by atoms with Crippen LogP contribution in [0.25, 0.3) is 0 Å². The highest BCUT2D eigenvalue weighted by Crippen LogP contribution is 2.67. The van der Waals surface area contributed by atoms with E-state index in [9.17, 15) is 0 Å². The van der Waals surface area contributed by atoms with Crippen molar-refractivity contribution >= 4 is 0 Å². The molecule has 0 saturated heterocycles. The van der Waals surface area contributed by atoms with Crippen molar-refractivity contribution in [2.75, 3.05) is 7.11 Å². The second kappa shape index (κ2) is 2.76. The molecular weight excluding hydrogens is 186 g/mol. The van der Waals surface area contributed by atoms with Crippen LogP contribution >= 0.6 is 0 Å². The van der Waals surface area contributed by atoms with Crippen LogP contribution in [0.4, 0.5) is 0 Å². The van der Waals surface area contributed by atoms with Gasteiger partial charge in [0.2, 0.25) is 0 Å². The van der Waals surface area contributed by atoms with Gasteiger partial charge in [0.25, 0.3) is 0 Å². The maximum Gasteiger partial charge on any atom is 0.123 e. The van der Waals surface area contributed by atoms with Gasteiger partial charge < -0.3 is 10.5 Å². The van der Waals surface area contributed by atoms with E-state index in [2.05, 4.69) is 6.07 Å². The minimum Gasteiger partial charge on any atom is -0.496 e. The summed E-state index contributed by atoms with van der Waals surface area (Å²) in [6.45, 7) is 0. The largest absolute Gasteiger partial charge is 0.496 e. The molecule has 80 valence electrons. The lowest BCUT2D eigenvalue weighted by molar-refractivity contribution is 0.122. The predicted octanol–water partition coefficient (Wildman–Crippen LogP) is 2.42. The lowest BCUT2D eigenvalue weighted by Crippen LogP contribution is -2.50. The summed E-state index contributed by atoms with van der Waals surface area (Å²) in [6.07, 6.45) is 5.03. The first kappa shape index (κ1) is 9.22. The molecule has 2 fully saturated rings. The summed E-state index contributed by atoms with van der Waals surface area (Å²) in [5.41, 5.74) is 8.12. The van der Waals surface area contributed by atoms with E-state index in [4.69, 9.17) is 10.5 Å². The van der Waals surface area contributed by atoms with Crippen LogP contribution in [0.1, 0.15) is 31.2 Å². The SMILES string of the molecule is COc1ccccc1C1(N)CC2(CC2)C1. The number of benzene rings is 1. The lowest BCUT2D eigenvalue weighted by Gasteiger charge is -2.46. The van der Waals surface area contributed by atoms with Crippen molar-refractivity contribution in [2.45, 2.75) is 31.2 Å². The third-order valence-corrected chi connectivity index (χ3v) is 3.98. The molecular formula is C13H17NO. The molecule has 0 amide bonds. The predicted molar refractivity (Wildman–Crippen MR) is 59.8 cm³/mol. The monoisotopic (exact) mass is 203 g/mol. The van der Waals surface area contributed by atoms with Gasteiger partial charge in [0.15, 0.2) is 0 Å². The van der Waals surface area contributed by atoms with Gasteiger partial charge in [-0.15, -0.1) is 0 Å². The van der Waals surface area contributed by atoms with E-state index >= 15 is 0 Å². The molecule has 2 nitrogen and oxygen atoms in total. The maximum absolute atomic E-state index is 6.44. The Morgan fingerprint density at radius 1 is 1.20 bits per heavy atom. The molecule has 1 spiro atoms. The normalized spacial score (nSPS) is 24.7. The fraction of sp³-hybridized carbons (Fsp3) is 0.538. The zero-order valence-corrected chi connectivity index (χ0v) is 9.12. The topological polar surface area (TPSA) is 35.2 Å². The molecule has 0 bridgehead atoms. The van der Waals surface area contributed by atoms with Crippen LogP contribution in [-0.2, 0) is 5.54 Å². The van der Waals surface area contributed by atoms with Gasteiger partial charge in [-0.1, -0.05) is 18.2 Å². The average molecular weight is 203 g/mol. The first-order chi connectivity index (χ1) is 7.18. The molecule has 0 aliphatic heterocycles. The molecule has 15 heavy (non-hydrogen) atoms. The van der Waals surface area contributed by atoms with E-state index in [-0.39, 0.29) is 5.54 Å². The molecule has 2 N–H and O–H groups in total. The Kier molecular flexibility index (Phi) is 1.70. The molecule has 0 heterocycles. The number of ether oxygens (including phenoxy) is 1. The van der Waals surface area contributed by atoms with E-state index in [0.29, 0.717) is 5.41 Å². The third-order valence-electron chi connectivity index (χ3n) is 3.98. The van der Waals surface area contributed by atoms with Gasteiger partial charge >= 0.3 is 0 Å². The molecule has 0 unspecified atom stereocenters. The first-order valence-electron chi connectivity index (χ1n) is 5.60. The molecule has 1 aromatic carbocycles. The van der Waals surface area contributed by atoms with E-state index in [1.54, 1.807) is 7.11 Å². The van der Waals surface area contributed by atoms with E-state index in [1.807, 2.05) is 18.2 Å². The Morgan fingerprint density at radius 2 is 1.87 bits per heavy atom. The van der Waals surface area contributed by atoms with Crippen LogP contribution in [0, 0.1) is 5.41 Å². The van der Waals surface area contributed by atoms with Gasteiger partial charge in [-0.05, 0) is 37.2 Å². The molecule has 0 radical (unpaired) electrons. The minimum atomic E-state index is -0.122. The van der Waals surface area contributed by atoms with E-state index < -0.39 is 0 Å². The van der Waals surface area contributed by atoms with Crippen molar-refractivity contribution in [1.29, 1.82) is 0 Å². The average Bonchev–Trinajstić information content (AvgIpc) is 2.97. The van der Waals surface area contributed by atoms with Gasteiger partial charge in [0.05, 0.1) is 7.11 Å². The smallest absolute Gasteiger partial charge is 0.123 e. The Labute approximate surface area is 90.4 Å². The molecule has 0 aromatic heterocycles. The van der Waals surface area contributed by atoms with E-state index in [1.165, 1.54) is 18.4 Å².